The second kappa shape index (κ2) is 5.16. The molecule has 0 spiro atoms. The lowest BCUT2D eigenvalue weighted by Gasteiger charge is -2.10. The number of hydrogen-bond donors (Lipinski definition) is 1. The maximum atomic E-state index is 6.07. The normalized spacial score (nSPS) is 11.2. The highest BCUT2D eigenvalue weighted by Gasteiger charge is 2.13. The first-order chi connectivity index (χ1) is 10.1. The van der Waals surface area contributed by atoms with Crippen molar-refractivity contribution in [2.75, 3.05) is 5.73 Å². The molecule has 0 fully saturated rings. The summed E-state index contributed by atoms with van der Waals surface area (Å²) in [7, 11) is 0. The fraction of sp³-hybridized carbons (Fsp3) is 0.312. The van der Waals surface area contributed by atoms with Crippen LogP contribution >= 0.6 is 0 Å². The van der Waals surface area contributed by atoms with Crippen LogP contribution in [0.15, 0.2) is 24.4 Å². The summed E-state index contributed by atoms with van der Waals surface area (Å²) < 4.78 is 1.93. The summed E-state index contributed by atoms with van der Waals surface area (Å²) in [4.78, 5) is 8.92. The van der Waals surface area contributed by atoms with Gasteiger partial charge in [0.25, 0.3) is 0 Å². The fourth-order valence-electron chi connectivity index (χ4n) is 2.50. The van der Waals surface area contributed by atoms with Crippen LogP contribution in [0.1, 0.15) is 31.2 Å². The Morgan fingerprint density at radius 1 is 1.14 bits per heavy atom. The molecule has 0 radical (unpaired) electrons. The summed E-state index contributed by atoms with van der Waals surface area (Å²) in [6.45, 7) is 6.13. The molecule has 0 amide bonds. The largest absolute Gasteiger partial charge is 0.398 e. The van der Waals surface area contributed by atoms with E-state index >= 15 is 0 Å². The minimum atomic E-state index is 0.732. The van der Waals surface area contributed by atoms with Crippen molar-refractivity contribution in [3.05, 3.63) is 41.7 Å². The Hall–Kier alpha value is -2.43. The summed E-state index contributed by atoms with van der Waals surface area (Å²) in [6.07, 6.45) is 3.49. The molecular weight excluding hydrogens is 262 g/mol. The SMILES string of the molecule is CCc1nc(CC)n(-c2ccc(N)c3cnc(C)cc23)n1. The second-order valence-corrected chi connectivity index (χ2v) is 5.11. The van der Waals surface area contributed by atoms with Gasteiger partial charge in [-0.15, -0.1) is 0 Å². The lowest BCUT2D eigenvalue weighted by atomic mass is 10.1. The zero-order chi connectivity index (χ0) is 15.0. The molecule has 0 saturated carbocycles. The van der Waals surface area contributed by atoms with E-state index in [1.807, 2.05) is 36.0 Å². The van der Waals surface area contributed by atoms with Gasteiger partial charge >= 0.3 is 0 Å². The smallest absolute Gasteiger partial charge is 0.151 e. The monoisotopic (exact) mass is 281 g/mol. The molecule has 5 nitrogen and oxygen atoms in total. The third-order valence-corrected chi connectivity index (χ3v) is 3.63. The topological polar surface area (TPSA) is 69.6 Å². The van der Waals surface area contributed by atoms with Crippen molar-refractivity contribution in [3.8, 4) is 5.69 Å². The number of nitrogen functional groups attached to an aromatic ring is 1. The summed E-state index contributed by atoms with van der Waals surface area (Å²) in [5, 5.41) is 6.64. The predicted octanol–water partition coefficient (Wildman–Crippen LogP) is 2.83. The number of nitrogens with two attached hydrogens (primary N) is 1. The van der Waals surface area contributed by atoms with Crippen LogP contribution in [0.3, 0.4) is 0 Å². The predicted molar refractivity (Wildman–Crippen MR) is 84.6 cm³/mol. The Kier molecular flexibility index (Phi) is 3.33. The molecule has 1 aromatic carbocycles. The van der Waals surface area contributed by atoms with Gasteiger partial charge in [0, 0.05) is 41.2 Å². The van der Waals surface area contributed by atoms with Crippen LogP contribution in [0, 0.1) is 6.92 Å². The summed E-state index contributed by atoms with van der Waals surface area (Å²) in [6, 6.07) is 5.96. The molecule has 2 aromatic heterocycles. The Balaban J connectivity index is 2.32. The molecule has 5 heteroatoms. The molecule has 0 aliphatic heterocycles. The first kappa shape index (κ1) is 13.5. The lowest BCUT2D eigenvalue weighted by Crippen LogP contribution is -2.04. The van der Waals surface area contributed by atoms with Crippen LogP contribution in [0.5, 0.6) is 0 Å². The van der Waals surface area contributed by atoms with Crippen LogP contribution in [0.4, 0.5) is 5.69 Å². The van der Waals surface area contributed by atoms with E-state index in [9.17, 15) is 0 Å². The maximum absolute atomic E-state index is 6.07. The standard InChI is InChI=1S/C16H19N5/c1-4-15-19-16(5-2)21(20-15)14-7-6-13(17)12-9-18-10(3)8-11(12)14/h6-9H,4-5,17H2,1-3H3. The van der Waals surface area contributed by atoms with Crippen molar-refractivity contribution in [3.63, 3.8) is 0 Å². The van der Waals surface area contributed by atoms with Crippen molar-refractivity contribution in [1.82, 2.24) is 19.7 Å². The van der Waals surface area contributed by atoms with Crippen molar-refractivity contribution in [2.45, 2.75) is 33.6 Å². The number of aromatic nitrogens is 4. The van der Waals surface area contributed by atoms with Crippen LogP contribution < -0.4 is 5.73 Å². The summed E-state index contributed by atoms with van der Waals surface area (Å²) in [5.41, 5.74) is 8.77. The first-order valence-electron chi connectivity index (χ1n) is 7.24. The van der Waals surface area contributed by atoms with E-state index in [0.717, 1.165) is 52.3 Å². The van der Waals surface area contributed by atoms with Gasteiger partial charge in [0.2, 0.25) is 0 Å². The lowest BCUT2D eigenvalue weighted by molar-refractivity contribution is 0.796. The molecular formula is C16H19N5. The zero-order valence-corrected chi connectivity index (χ0v) is 12.6. The average Bonchev–Trinajstić information content (AvgIpc) is 2.90. The first-order valence-corrected chi connectivity index (χ1v) is 7.24. The number of benzene rings is 1. The van der Waals surface area contributed by atoms with Crippen LogP contribution in [0.25, 0.3) is 16.5 Å². The Morgan fingerprint density at radius 3 is 2.67 bits per heavy atom. The van der Waals surface area contributed by atoms with Gasteiger partial charge in [-0.1, -0.05) is 13.8 Å². The van der Waals surface area contributed by atoms with E-state index < -0.39 is 0 Å². The third-order valence-electron chi connectivity index (χ3n) is 3.63. The van der Waals surface area contributed by atoms with E-state index in [-0.39, 0.29) is 0 Å². The highest BCUT2D eigenvalue weighted by Crippen LogP contribution is 2.27. The fourth-order valence-corrected chi connectivity index (χ4v) is 2.50. The van der Waals surface area contributed by atoms with Gasteiger partial charge in [-0.2, -0.15) is 5.10 Å². The van der Waals surface area contributed by atoms with Gasteiger partial charge in [0.15, 0.2) is 5.82 Å². The van der Waals surface area contributed by atoms with Crippen LogP contribution in [-0.4, -0.2) is 19.7 Å². The van der Waals surface area contributed by atoms with E-state index in [1.54, 1.807) is 0 Å². The summed E-state index contributed by atoms with van der Waals surface area (Å²) >= 11 is 0. The third kappa shape index (κ3) is 2.24. The number of fused-ring (bicyclic) bond motifs is 1. The molecule has 3 aromatic rings. The summed E-state index contributed by atoms with van der Waals surface area (Å²) in [5.74, 6) is 1.83. The molecule has 0 unspecified atom stereocenters. The molecule has 3 rings (SSSR count). The Labute approximate surface area is 123 Å². The number of aryl methyl sites for hydroxylation is 3. The van der Waals surface area contributed by atoms with Crippen molar-refractivity contribution >= 4 is 16.5 Å². The molecule has 0 aliphatic rings. The molecule has 0 atom stereocenters. The number of hydrogen-bond acceptors (Lipinski definition) is 4. The highest BCUT2D eigenvalue weighted by molar-refractivity contribution is 5.98. The van der Waals surface area contributed by atoms with E-state index in [4.69, 9.17) is 5.73 Å². The Bertz CT molecular complexity index is 804. The second-order valence-electron chi connectivity index (χ2n) is 5.11. The quantitative estimate of drug-likeness (QED) is 0.749. The molecule has 0 bridgehead atoms. The average molecular weight is 281 g/mol. The highest BCUT2D eigenvalue weighted by atomic mass is 15.3. The minimum absolute atomic E-state index is 0.732. The molecule has 0 aliphatic carbocycles. The maximum Gasteiger partial charge on any atom is 0.151 e. The van der Waals surface area contributed by atoms with E-state index in [0.29, 0.717) is 0 Å². The van der Waals surface area contributed by atoms with Gasteiger partial charge in [0.05, 0.1) is 5.69 Å². The van der Waals surface area contributed by atoms with Crippen molar-refractivity contribution in [2.24, 2.45) is 0 Å². The zero-order valence-electron chi connectivity index (χ0n) is 12.6. The number of anilines is 1. The Morgan fingerprint density at radius 2 is 1.95 bits per heavy atom. The van der Waals surface area contributed by atoms with Crippen LogP contribution in [-0.2, 0) is 12.8 Å². The molecule has 2 heterocycles. The van der Waals surface area contributed by atoms with Gasteiger partial charge in [-0.05, 0) is 25.1 Å². The molecule has 2 N–H and O–H groups in total. The molecule has 108 valence electrons. The van der Waals surface area contributed by atoms with Gasteiger partial charge in [0.1, 0.15) is 5.82 Å². The minimum Gasteiger partial charge on any atom is -0.398 e. The number of nitrogens with zero attached hydrogens (tertiary/aromatic N) is 4. The van der Waals surface area contributed by atoms with E-state index in [1.165, 1.54) is 0 Å². The van der Waals surface area contributed by atoms with Gasteiger partial charge in [-0.3, -0.25) is 4.98 Å². The van der Waals surface area contributed by atoms with Crippen LogP contribution in [0.2, 0.25) is 0 Å². The van der Waals surface area contributed by atoms with Crippen molar-refractivity contribution in [1.29, 1.82) is 0 Å². The van der Waals surface area contributed by atoms with E-state index in [2.05, 4.69) is 28.9 Å². The molecule has 0 saturated heterocycles. The number of pyridine rings is 1. The van der Waals surface area contributed by atoms with Crippen molar-refractivity contribution < 1.29 is 0 Å². The van der Waals surface area contributed by atoms with Gasteiger partial charge < -0.3 is 5.73 Å². The molecule has 21 heavy (non-hydrogen) atoms. The van der Waals surface area contributed by atoms with Gasteiger partial charge in [-0.25, -0.2) is 9.67 Å². The number of rotatable bonds is 3.